The van der Waals surface area contributed by atoms with Gasteiger partial charge in [-0.2, -0.15) is 0 Å². The first-order valence-corrected chi connectivity index (χ1v) is 10.5. The van der Waals surface area contributed by atoms with Crippen LogP contribution < -0.4 is 10.2 Å². The van der Waals surface area contributed by atoms with Crippen LogP contribution in [0.15, 0.2) is 29.2 Å². The summed E-state index contributed by atoms with van der Waals surface area (Å²) < 4.78 is 13.0. The molecule has 0 bridgehead atoms. The summed E-state index contributed by atoms with van der Waals surface area (Å²) in [5.41, 5.74) is 2.42. The monoisotopic (exact) mass is 421 g/mol. The molecule has 31 heavy (non-hydrogen) atoms. The highest BCUT2D eigenvalue weighted by Crippen LogP contribution is 2.44. The van der Waals surface area contributed by atoms with Gasteiger partial charge in [-0.05, 0) is 37.0 Å². The Labute approximate surface area is 181 Å². The zero-order chi connectivity index (χ0) is 22.3. The summed E-state index contributed by atoms with van der Waals surface area (Å²) in [6, 6.07) is 5.30. The number of pyridine rings is 1. The van der Waals surface area contributed by atoms with E-state index in [1.807, 2.05) is 10.6 Å². The molecule has 2 heterocycles. The van der Waals surface area contributed by atoms with Gasteiger partial charge in [0.25, 0.3) is 0 Å². The molecule has 1 fully saturated rings. The number of aromatic carboxylic acids is 1. The second-order valence-electron chi connectivity index (χ2n) is 9.04. The molecule has 1 N–H and O–H groups in total. The fourth-order valence-corrected chi connectivity index (χ4v) is 4.32. The van der Waals surface area contributed by atoms with Gasteiger partial charge in [0.05, 0.1) is 25.0 Å². The van der Waals surface area contributed by atoms with Gasteiger partial charge in [-0.3, -0.25) is 4.79 Å². The number of hydrogen-bond acceptors (Lipinski definition) is 4. The molecular formula is C25H27NO5. The molecule has 0 saturated heterocycles. The Bertz CT molecular complexity index is 1160. The van der Waals surface area contributed by atoms with Gasteiger partial charge in [0.15, 0.2) is 5.43 Å². The van der Waals surface area contributed by atoms with E-state index in [4.69, 9.17) is 9.47 Å². The Morgan fingerprint density at radius 1 is 1.26 bits per heavy atom. The van der Waals surface area contributed by atoms with Gasteiger partial charge in [-0.25, -0.2) is 4.79 Å². The van der Waals surface area contributed by atoms with E-state index in [0.717, 1.165) is 29.5 Å². The summed E-state index contributed by atoms with van der Waals surface area (Å²) in [5.74, 6) is 6.47. The molecule has 0 spiro atoms. The van der Waals surface area contributed by atoms with Crippen molar-refractivity contribution in [3.05, 3.63) is 51.3 Å². The first kappa shape index (κ1) is 21.2. The van der Waals surface area contributed by atoms with Crippen LogP contribution in [0.4, 0.5) is 0 Å². The van der Waals surface area contributed by atoms with Gasteiger partial charge in [-0.1, -0.05) is 25.7 Å². The average molecular weight is 421 g/mol. The molecule has 1 atom stereocenters. The highest BCUT2D eigenvalue weighted by Gasteiger charge is 2.37. The van der Waals surface area contributed by atoms with E-state index in [0.29, 0.717) is 30.4 Å². The van der Waals surface area contributed by atoms with Gasteiger partial charge >= 0.3 is 5.97 Å². The van der Waals surface area contributed by atoms with Crippen molar-refractivity contribution in [1.29, 1.82) is 0 Å². The standard InChI is InChI=1S/C25H27NO5/c1-25(2,14-30-3)23-10-17-9-16(8-7-15-5-6-15)22(31-4)11-18(17)20-12-21(27)19(24(28)29)13-26(20)23/h9,11-13,15,23H,5-6,10,14H2,1-4H3,(H,28,29)/t23-/m0/s1. The Morgan fingerprint density at radius 3 is 2.61 bits per heavy atom. The number of nitrogens with zero attached hydrogens (tertiary/aromatic N) is 1. The lowest BCUT2D eigenvalue weighted by Crippen LogP contribution is -2.37. The molecule has 0 unspecified atom stereocenters. The maximum Gasteiger partial charge on any atom is 0.341 e. The number of carboxylic acid groups (broad SMARTS) is 1. The number of benzene rings is 1. The predicted octanol–water partition coefficient (Wildman–Crippen LogP) is 3.75. The number of aromatic nitrogens is 1. The van der Waals surface area contributed by atoms with Crippen molar-refractivity contribution >= 4 is 5.97 Å². The highest BCUT2D eigenvalue weighted by atomic mass is 16.5. The molecule has 1 aromatic heterocycles. The molecule has 2 aliphatic rings. The van der Waals surface area contributed by atoms with E-state index in [-0.39, 0.29) is 17.0 Å². The summed E-state index contributed by atoms with van der Waals surface area (Å²) in [7, 11) is 3.27. The SMILES string of the molecule is COCC(C)(C)[C@@H]1Cc2cc(C#CC3CC3)c(OC)cc2-c2cc(=O)c(C(=O)O)cn21. The average Bonchev–Trinajstić information content (AvgIpc) is 3.54. The minimum atomic E-state index is -1.22. The molecule has 6 nitrogen and oxygen atoms in total. The van der Waals surface area contributed by atoms with Crippen LogP contribution in [0.1, 0.15) is 54.2 Å². The molecule has 1 saturated carbocycles. The van der Waals surface area contributed by atoms with Crippen LogP contribution in [0.3, 0.4) is 0 Å². The van der Waals surface area contributed by atoms with Crippen molar-refractivity contribution in [3.8, 4) is 28.8 Å². The molecular weight excluding hydrogens is 394 g/mol. The molecule has 1 aliphatic carbocycles. The lowest BCUT2D eigenvalue weighted by Gasteiger charge is -2.40. The number of hydrogen-bond donors (Lipinski definition) is 1. The molecule has 1 aromatic carbocycles. The number of carbonyl (C=O) groups is 1. The maximum atomic E-state index is 12.6. The van der Waals surface area contributed by atoms with E-state index in [1.165, 1.54) is 12.3 Å². The zero-order valence-electron chi connectivity index (χ0n) is 18.3. The van der Waals surface area contributed by atoms with E-state index < -0.39 is 11.4 Å². The zero-order valence-corrected chi connectivity index (χ0v) is 18.3. The third-order valence-corrected chi connectivity index (χ3v) is 6.17. The number of fused-ring (bicyclic) bond motifs is 3. The number of ether oxygens (including phenoxy) is 2. The molecule has 0 amide bonds. The van der Waals surface area contributed by atoms with Crippen LogP contribution in [0.5, 0.6) is 5.75 Å². The highest BCUT2D eigenvalue weighted by molar-refractivity contribution is 5.88. The van der Waals surface area contributed by atoms with E-state index in [1.54, 1.807) is 14.2 Å². The fraction of sp³-hybridized carbons (Fsp3) is 0.440. The third kappa shape index (κ3) is 3.98. The topological polar surface area (TPSA) is 77.8 Å². The summed E-state index contributed by atoms with van der Waals surface area (Å²) in [6.45, 7) is 4.67. The largest absolute Gasteiger partial charge is 0.495 e. The normalized spacial score (nSPS) is 17.2. The summed E-state index contributed by atoms with van der Waals surface area (Å²) in [6.07, 6.45) is 4.44. The van der Waals surface area contributed by atoms with Crippen LogP contribution in [0.25, 0.3) is 11.3 Å². The molecule has 4 rings (SSSR count). The Balaban J connectivity index is 1.93. The van der Waals surface area contributed by atoms with Crippen molar-refractivity contribution in [3.63, 3.8) is 0 Å². The van der Waals surface area contributed by atoms with Gasteiger partial charge in [0.1, 0.15) is 11.3 Å². The summed E-state index contributed by atoms with van der Waals surface area (Å²) in [4.78, 5) is 24.2. The minimum Gasteiger partial charge on any atom is -0.495 e. The van der Waals surface area contributed by atoms with Crippen LogP contribution in [-0.2, 0) is 11.2 Å². The summed E-state index contributed by atoms with van der Waals surface area (Å²) >= 11 is 0. The van der Waals surface area contributed by atoms with Gasteiger partial charge in [0.2, 0.25) is 0 Å². The van der Waals surface area contributed by atoms with Crippen molar-refractivity contribution < 1.29 is 19.4 Å². The van der Waals surface area contributed by atoms with E-state index >= 15 is 0 Å². The number of rotatable bonds is 5. The van der Waals surface area contributed by atoms with Crippen LogP contribution >= 0.6 is 0 Å². The number of methoxy groups -OCH3 is 2. The van der Waals surface area contributed by atoms with Crippen LogP contribution in [0, 0.1) is 23.2 Å². The second kappa shape index (κ2) is 7.90. The van der Waals surface area contributed by atoms with E-state index in [2.05, 4.69) is 31.8 Å². The lowest BCUT2D eigenvalue weighted by molar-refractivity contribution is 0.0615. The molecule has 162 valence electrons. The van der Waals surface area contributed by atoms with Gasteiger partial charge < -0.3 is 19.1 Å². The third-order valence-electron chi connectivity index (χ3n) is 6.17. The molecule has 1 aliphatic heterocycles. The smallest absolute Gasteiger partial charge is 0.341 e. The van der Waals surface area contributed by atoms with E-state index in [9.17, 15) is 14.7 Å². The summed E-state index contributed by atoms with van der Waals surface area (Å²) in [5, 5.41) is 9.51. The van der Waals surface area contributed by atoms with Crippen molar-refractivity contribution in [2.75, 3.05) is 20.8 Å². The minimum absolute atomic E-state index is 0.0914. The Kier molecular flexibility index (Phi) is 5.40. The van der Waals surface area contributed by atoms with Crippen molar-refractivity contribution in [2.24, 2.45) is 11.3 Å². The van der Waals surface area contributed by atoms with Crippen LogP contribution in [-0.4, -0.2) is 36.5 Å². The molecule has 2 aromatic rings. The Morgan fingerprint density at radius 2 is 2.00 bits per heavy atom. The predicted molar refractivity (Wildman–Crippen MR) is 118 cm³/mol. The Hall–Kier alpha value is -3.04. The fourth-order valence-electron chi connectivity index (χ4n) is 4.32. The second-order valence-corrected chi connectivity index (χ2v) is 9.04. The van der Waals surface area contributed by atoms with Crippen LogP contribution in [0.2, 0.25) is 0 Å². The lowest BCUT2D eigenvalue weighted by atomic mass is 9.77. The maximum absolute atomic E-state index is 12.6. The molecule has 6 heteroatoms. The van der Waals surface area contributed by atoms with Crippen molar-refractivity contribution in [1.82, 2.24) is 4.57 Å². The first-order chi connectivity index (χ1) is 14.7. The number of carboxylic acids is 1. The van der Waals surface area contributed by atoms with Gasteiger partial charge in [0, 0.05) is 42.3 Å². The quantitative estimate of drug-likeness (QED) is 0.744. The molecule has 0 radical (unpaired) electrons. The van der Waals surface area contributed by atoms with Gasteiger partial charge in [-0.15, -0.1) is 0 Å². The van der Waals surface area contributed by atoms with Crippen molar-refractivity contribution in [2.45, 2.75) is 39.2 Å². The first-order valence-electron chi connectivity index (χ1n) is 10.5.